The molecule has 1 amide bonds. The van der Waals surface area contributed by atoms with E-state index in [1.807, 2.05) is 31.2 Å². The van der Waals surface area contributed by atoms with E-state index in [0.717, 1.165) is 11.3 Å². The average molecular weight is 301 g/mol. The highest BCUT2D eigenvalue weighted by Crippen LogP contribution is 2.23. The Bertz CT molecular complexity index is 707. The first-order valence-electron chi connectivity index (χ1n) is 7.03. The van der Waals surface area contributed by atoms with E-state index >= 15 is 0 Å². The van der Waals surface area contributed by atoms with Crippen LogP contribution in [0.5, 0.6) is 5.75 Å². The first-order chi connectivity index (χ1) is 10.6. The molecular formula is C16H19N3O3. The standard InChI is InChI=1S/C16H19N3O3/c1-4-13(11-5-7-12(22-3)8-6-11)15(20)18-14-16(21)19(2)10-9-17-14/h5-10,13H,4H2,1-3H3,(H,17,18,20). The molecule has 1 atom stereocenters. The second kappa shape index (κ2) is 6.89. The van der Waals surface area contributed by atoms with Gasteiger partial charge in [-0.15, -0.1) is 0 Å². The molecule has 0 bridgehead atoms. The lowest BCUT2D eigenvalue weighted by Gasteiger charge is -2.15. The monoisotopic (exact) mass is 301 g/mol. The zero-order valence-electron chi connectivity index (χ0n) is 12.9. The smallest absolute Gasteiger partial charge is 0.293 e. The van der Waals surface area contributed by atoms with Crippen molar-refractivity contribution in [1.29, 1.82) is 0 Å². The summed E-state index contributed by atoms with van der Waals surface area (Å²) >= 11 is 0. The van der Waals surface area contributed by atoms with Crippen LogP contribution in [0.25, 0.3) is 0 Å². The first kappa shape index (κ1) is 15.8. The molecule has 6 nitrogen and oxygen atoms in total. The van der Waals surface area contributed by atoms with E-state index in [-0.39, 0.29) is 23.2 Å². The van der Waals surface area contributed by atoms with Crippen LogP contribution < -0.4 is 15.6 Å². The number of amides is 1. The van der Waals surface area contributed by atoms with Crippen molar-refractivity contribution < 1.29 is 9.53 Å². The summed E-state index contributed by atoms with van der Waals surface area (Å²) in [5, 5.41) is 2.61. The third-order valence-corrected chi connectivity index (χ3v) is 3.50. The lowest BCUT2D eigenvalue weighted by atomic mass is 9.95. The summed E-state index contributed by atoms with van der Waals surface area (Å²) in [6.45, 7) is 1.92. The Labute approximate surface area is 128 Å². The van der Waals surface area contributed by atoms with E-state index in [1.165, 1.54) is 10.8 Å². The van der Waals surface area contributed by atoms with Gasteiger partial charge in [-0.05, 0) is 24.1 Å². The van der Waals surface area contributed by atoms with Crippen LogP contribution in [0.15, 0.2) is 41.5 Å². The van der Waals surface area contributed by atoms with Crippen LogP contribution in [0.2, 0.25) is 0 Å². The lowest BCUT2D eigenvalue weighted by Crippen LogP contribution is -2.28. The van der Waals surface area contributed by atoms with Gasteiger partial charge in [-0.2, -0.15) is 0 Å². The Morgan fingerprint density at radius 3 is 2.64 bits per heavy atom. The SMILES string of the molecule is CCC(C(=O)Nc1nccn(C)c1=O)c1ccc(OC)cc1. The number of aryl methyl sites for hydroxylation is 1. The zero-order chi connectivity index (χ0) is 16.1. The minimum Gasteiger partial charge on any atom is -0.497 e. The molecule has 1 aromatic carbocycles. The van der Waals surface area contributed by atoms with Crippen LogP contribution in [-0.2, 0) is 11.8 Å². The van der Waals surface area contributed by atoms with E-state index in [2.05, 4.69) is 10.3 Å². The second-order valence-electron chi connectivity index (χ2n) is 4.92. The summed E-state index contributed by atoms with van der Waals surface area (Å²) in [7, 11) is 3.20. The first-order valence-corrected chi connectivity index (χ1v) is 7.03. The van der Waals surface area contributed by atoms with Crippen LogP contribution in [0.4, 0.5) is 5.82 Å². The number of carbonyl (C=O) groups excluding carboxylic acids is 1. The third-order valence-electron chi connectivity index (χ3n) is 3.50. The maximum atomic E-state index is 12.4. The summed E-state index contributed by atoms with van der Waals surface area (Å²) in [5.41, 5.74) is 0.536. The highest BCUT2D eigenvalue weighted by molar-refractivity contribution is 5.94. The molecule has 1 N–H and O–H groups in total. The molecule has 0 aliphatic carbocycles. The fourth-order valence-corrected chi connectivity index (χ4v) is 2.20. The molecule has 0 fully saturated rings. The van der Waals surface area contributed by atoms with Gasteiger partial charge in [0.2, 0.25) is 5.91 Å². The van der Waals surface area contributed by atoms with Gasteiger partial charge >= 0.3 is 0 Å². The van der Waals surface area contributed by atoms with Crippen molar-refractivity contribution in [2.24, 2.45) is 7.05 Å². The highest BCUT2D eigenvalue weighted by atomic mass is 16.5. The number of nitrogens with one attached hydrogen (secondary N) is 1. The van der Waals surface area contributed by atoms with Gasteiger partial charge in [-0.1, -0.05) is 19.1 Å². The number of nitrogens with zero attached hydrogens (tertiary/aromatic N) is 2. The van der Waals surface area contributed by atoms with Crippen molar-refractivity contribution in [3.05, 3.63) is 52.6 Å². The summed E-state index contributed by atoms with van der Waals surface area (Å²) in [6, 6.07) is 7.32. The minimum absolute atomic E-state index is 0.0435. The van der Waals surface area contributed by atoms with Crippen LogP contribution >= 0.6 is 0 Å². The van der Waals surface area contributed by atoms with Crippen LogP contribution in [0.3, 0.4) is 0 Å². The normalized spacial score (nSPS) is 11.8. The number of rotatable bonds is 5. The summed E-state index contributed by atoms with van der Waals surface area (Å²) in [6.07, 6.45) is 3.63. The number of aromatic nitrogens is 2. The van der Waals surface area contributed by atoms with Crippen molar-refractivity contribution in [3.8, 4) is 5.75 Å². The summed E-state index contributed by atoms with van der Waals surface area (Å²) in [5.74, 6) is 0.181. The molecule has 116 valence electrons. The van der Waals surface area contributed by atoms with E-state index in [0.29, 0.717) is 6.42 Å². The quantitative estimate of drug-likeness (QED) is 0.915. The molecule has 22 heavy (non-hydrogen) atoms. The van der Waals surface area contributed by atoms with Gasteiger partial charge in [0, 0.05) is 19.4 Å². The average Bonchev–Trinajstić information content (AvgIpc) is 2.53. The van der Waals surface area contributed by atoms with Crippen molar-refractivity contribution >= 4 is 11.7 Å². The van der Waals surface area contributed by atoms with Gasteiger partial charge in [0.1, 0.15) is 5.75 Å². The molecule has 1 aromatic heterocycles. The molecule has 1 unspecified atom stereocenters. The Morgan fingerprint density at radius 2 is 2.05 bits per heavy atom. The van der Waals surface area contributed by atoms with Gasteiger partial charge in [-0.25, -0.2) is 4.98 Å². The fraction of sp³-hybridized carbons (Fsp3) is 0.312. The van der Waals surface area contributed by atoms with Crippen LogP contribution in [-0.4, -0.2) is 22.6 Å². The molecule has 0 spiro atoms. The highest BCUT2D eigenvalue weighted by Gasteiger charge is 2.20. The molecule has 0 radical (unpaired) electrons. The van der Waals surface area contributed by atoms with Crippen LogP contribution in [0.1, 0.15) is 24.8 Å². The predicted octanol–water partition coefficient (Wildman–Crippen LogP) is 1.92. The zero-order valence-corrected chi connectivity index (χ0v) is 12.9. The molecule has 0 aliphatic heterocycles. The van der Waals surface area contributed by atoms with Crippen molar-refractivity contribution in [2.45, 2.75) is 19.3 Å². The van der Waals surface area contributed by atoms with E-state index in [4.69, 9.17) is 4.74 Å². The topological polar surface area (TPSA) is 73.2 Å². The molecule has 0 saturated heterocycles. The molecule has 2 rings (SSSR count). The molecular weight excluding hydrogens is 282 g/mol. The third kappa shape index (κ3) is 3.33. The number of hydrogen-bond acceptors (Lipinski definition) is 4. The minimum atomic E-state index is -0.349. The number of ether oxygens (including phenoxy) is 1. The van der Waals surface area contributed by atoms with Crippen molar-refractivity contribution in [2.75, 3.05) is 12.4 Å². The molecule has 2 aromatic rings. The Kier molecular flexibility index (Phi) is 4.93. The number of hydrogen-bond donors (Lipinski definition) is 1. The molecule has 1 heterocycles. The van der Waals surface area contributed by atoms with Crippen LogP contribution in [0, 0.1) is 0 Å². The number of benzene rings is 1. The fourth-order valence-electron chi connectivity index (χ4n) is 2.20. The largest absolute Gasteiger partial charge is 0.497 e. The van der Waals surface area contributed by atoms with Gasteiger partial charge in [0.25, 0.3) is 5.56 Å². The Morgan fingerprint density at radius 1 is 1.36 bits per heavy atom. The molecule has 0 aliphatic rings. The predicted molar refractivity (Wildman–Crippen MR) is 84.1 cm³/mol. The van der Waals surface area contributed by atoms with Crippen molar-refractivity contribution in [3.63, 3.8) is 0 Å². The number of carbonyl (C=O) groups is 1. The Balaban J connectivity index is 2.21. The van der Waals surface area contributed by atoms with E-state index < -0.39 is 0 Å². The lowest BCUT2D eigenvalue weighted by molar-refractivity contribution is -0.117. The number of methoxy groups -OCH3 is 1. The second-order valence-corrected chi connectivity index (χ2v) is 4.92. The summed E-state index contributed by atoms with van der Waals surface area (Å²) in [4.78, 5) is 28.3. The molecule has 6 heteroatoms. The van der Waals surface area contributed by atoms with Crippen molar-refractivity contribution in [1.82, 2.24) is 9.55 Å². The van der Waals surface area contributed by atoms with Gasteiger partial charge in [-0.3, -0.25) is 9.59 Å². The number of anilines is 1. The summed E-state index contributed by atoms with van der Waals surface area (Å²) < 4.78 is 6.48. The van der Waals surface area contributed by atoms with Gasteiger partial charge in [0.15, 0.2) is 5.82 Å². The van der Waals surface area contributed by atoms with E-state index in [9.17, 15) is 9.59 Å². The maximum Gasteiger partial charge on any atom is 0.293 e. The molecule has 0 saturated carbocycles. The van der Waals surface area contributed by atoms with Gasteiger partial charge in [0.05, 0.1) is 13.0 Å². The van der Waals surface area contributed by atoms with E-state index in [1.54, 1.807) is 20.4 Å². The van der Waals surface area contributed by atoms with Gasteiger partial charge < -0.3 is 14.6 Å². The maximum absolute atomic E-state index is 12.4. The Hall–Kier alpha value is -2.63.